The predicted molar refractivity (Wildman–Crippen MR) is 69.9 cm³/mol. The minimum Gasteiger partial charge on any atom is -0.496 e. The van der Waals surface area contributed by atoms with Gasteiger partial charge in [0.1, 0.15) is 5.75 Å². The Morgan fingerprint density at radius 1 is 1.22 bits per heavy atom. The van der Waals surface area contributed by atoms with Gasteiger partial charge < -0.3 is 10.1 Å². The molecule has 4 nitrogen and oxygen atoms in total. The second kappa shape index (κ2) is 5.31. The summed E-state index contributed by atoms with van der Waals surface area (Å²) in [6, 6.07) is 10.7. The van der Waals surface area contributed by atoms with Gasteiger partial charge in [0.15, 0.2) is 0 Å². The van der Waals surface area contributed by atoms with Gasteiger partial charge in [-0.25, -0.2) is 0 Å². The molecule has 1 heterocycles. The number of carbonyl (C=O) groups is 1. The Labute approximate surface area is 106 Å². The van der Waals surface area contributed by atoms with Crippen LogP contribution in [0.25, 0.3) is 0 Å². The summed E-state index contributed by atoms with van der Waals surface area (Å²) in [6.07, 6.45) is 1.63. The highest BCUT2D eigenvalue weighted by Gasteiger charge is 2.11. The Kier molecular flexibility index (Phi) is 3.57. The van der Waals surface area contributed by atoms with Gasteiger partial charge in [0.25, 0.3) is 5.91 Å². The molecule has 0 spiro atoms. The van der Waals surface area contributed by atoms with Crippen LogP contribution in [-0.4, -0.2) is 18.0 Å². The van der Waals surface area contributed by atoms with Gasteiger partial charge in [0.05, 0.1) is 24.6 Å². The summed E-state index contributed by atoms with van der Waals surface area (Å²) >= 11 is 0. The molecule has 0 bridgehead atoms. The summed E-state index contributed by atoms with van der Waals surface area (Å²) in [5.74, 6) is 0.341. The van der Waals surface area contributed by atoms with Crippen molar-refractivity contribution in [2.75, 3.05) is 12.4 Å². The number of para-hydroxylation sites is 1. The zero-order valence-corrected chi connectivity index (χ0v) is 10.3. The van der Waals surface area contributed by atoms with Crippen molar-refractivity contribution >= 4 is 11.6 Å². The summed E-state index contributed by atoms with van der Waals surface area (Å²) in [6.45, 7) is 1.89. The fourth-order valence-corrected chi connectivity index (χ4v) is 1.57. The number of aromatic nitrogens is 1. The first-order valence-electron chi connectivity index (χ1n) is 5.58. The van der Waals surface area contributed by atoms with E-state index in [1.165, 1.54) is 0 Å². The maximum atomic E-state index is 12.1. The van der Waals surface area contributed by atoms with Crippen molar-refractivity contribution in [1.82, 2.24) is 4.98 Å². The van der Waals surface area contributed by atoms with Gasteiger partial charge in [-0.2, -0.15) is 0 Å². The van der Waals surface area contributed by atoms with Gasteiger partial charge >= 0.3 is 0 Å². The molecule has 0 aliphatic heterocycles. The third-order valence-corrected chi connectivity index (χ3v) is 2.52. The molecular weight excluding hydrogens is 228 g/mol. The zero-order valence-electron chi connectivity index (χ0n) is 10.3. The first kappa shape index (κ1) is 12.1. The van der Waals surface area contributed by atoms with E-state index in [4.69, 9.17) is 4.74 Å². The standard InChI is InChI=1S/C14H14N2O2/c1-10-7-8-11(9-15-10)16-14(17)12-5-3-4-6-13(12)18-2/h3-9H,1-2H3,(H,16,17). The van der Waals surface area contributed by atoms with E-state index in [1.54, 1.807) is 31.5 Å². The summed E-state index contributed by atoms with van der Waals surface area (Å²) < 4.78 is 5.15. The van der Waals surface area contributed by atoms with Crippen LogP contribution in [-0.2, 0) is 0 Å². The molecule has 1 aromatic heterocycles. The lowest BCUT2D eigenvalue weighted by Crippen LogP contribution is -2.13. The van der Waals surface area contributed by atoms with Crippen molar-refractivity contribution in [2.24, 2.45) is 0 Å². The number of ether oxygens (including phenoxy) is 1. The molecule has 0 unspecified atom stereocenters. The van der Waals surface area contributed by atoms with E-state index in [0.29, 0.717) is 17.0 Å². The quantitative estimate of drug-likeness (QED) is 0.900. The van der Waals surface area contributed by atoms with Crippen LogP contribution in [0.5, 0.6) is 5.75 Å². The zero-order chi connectivity index (χ0) is 13.0. The number of pyridine rings is 1. The van der Waals surface area contributed by atoms with E-state index in [9.17, 15) is 4.79 Å². The molecule has 1 N–H and O–H groups in total. The summed E-state index contributed by atoms with van der Waals surface area (Å²) in [7, 11) is 1.54. The molecule has 0 aliphatic rings. The van der Waals surface area contributed by atoms with Crippen molar-refractivity contribution in [3.05, 3.63) is 53.9 Å². The maximum absolute atomic E-state index is 12.1. The number of methoxy groups -OCH3 is 1. The van der Waals surface area contributed by atoms with E-state index >= 15 is 0 Å². The molecule has 2 rings (SSSR count). The van der Waals surface area contributed by atoms with Crippen LogP contribution in [0.4, 0.5) is 5.69 Å². The molecule has 2 aromatic rings. The van der Waals surface area contributed by atoms with Crippen LogP contribution in [0.2, 0.25) is 0 Å². The highest BCUT2D eigenvalue weighted by Crippen LogP contribution is 2.18. The molecule has 1 amide bonds. The number of hydrogen-bond acceptors (Lipinski definition) is 3. The monoisotopic (exact) mass is 242 g/mol. The molecular formula is C14H14N2O2. The lowest BCUT2D eigenvalue weighted by atomic mass is 10.2. The van der Waals surface area contributed by atoms with Crippen molar-refractivity contribution < 1.29 is 9.53 Å². The number of benzene rings is 1. The fourth-order valence-electron chi connectivity index (χ4n) is 1.57. The number of nitrogens with zero attached hydrogens (tertiary/aromatic N) is 1. The first-order chi connectivity index (χ1) is 8.70. The minimum atomic E-state index is -0.210. The van der Waals surface area contributed by atoms with E-state index in [2.05, 4.69) is 10.3 Å². The van der Waals surface area contributed by atoms with Crippen LogP contribution < -0.4 is 10.1 Å². The van der Waals surface area contributed by atoms with Crippen LogP contribution in [0.1, 0.15) is 16.1 Å². The van der Waals surface area contributed by atoms with Gasteiger partial charge in [-0.3, -0.25) is 9.78 Å². The van der Waals surface area contributed by atoms with Crippen LogP contribution >= 0.6 is 0 Å². The molecule has 0 atom stereocenters. The summed E-state index contributed by atoms with van der Waals surface area (Å²) in [4.78, 5) is 16.2. The molecule has 0 aliphatic carbocycles. The number of hydrogen-bond donors (Lipinski definition) is 1. The molecule has 0 saturated heterocycles. The Morgan fingerprint density at radius 3 is 2.67 bits per heavy atom. The Hall–Kier alpha value is -2.36. The van der Waals surface area contributed by atoms with Gasteiger partial charge in [0, 0.05) is 5.69 Å². The van der Waals surface area contributed by atoms with E-state index in [0.717, 1.165) is 5.69 Å². The first-order valence-corrected chi connectivity index (χ1v) is 5.58. The van der Waals surface area contributed by atoms with E-state index < -0.39 is 0 Å². The Morgan fingerprint density at radius 2 is 2.00 bits per heavy atom. The number of nitrogens with one attached hydrogen (secondary N) is 1. The fraction of sp³-hybridized carbons (Fsp3) is 0.143. The highest BCUT2D eigenvalue weighted by molar-refractivity contribution is 6.06. The maximum Gasteiger partial charge on any atom is 0.259 e. The summed E-state index contributed by atoms with van der Waals surface area (Å²) in [5, 5.41) is 2.78. The summed E-state index contributed by atoms with van der Waals surface area (Å²) in [5.41, 5.74) is 2.07. The second-order valence-electron chi connectivity index (χ2n) is 3.84. The molecule has 0 fully saturated rings. The van der Waals surface area contributed by atoms with E-state index in [-0.39, 0.29) is 5.91 Å². The number of carbonyl (C=O) groups excluding carboxylic acids is 1. The normalized spacial score (nSPS) is 9.89. The Bertz CT molecular complexity index is 550. The predicted octanol–water partition coefficient (Wildman–Crippen LogP) is 2.65. The van der Waals surface area contributed by atoms with Crippen molar-refractivity contribution in [1.29, 1.82) is 0 Å². The third-order valence-electron chi connectivity index (χ3n) is 2.52. The SMILES string of the molecule is COc1ccccc1C(=O)Nc1ccc(C)nc1. The van der Waals surface area contributed by atoms with E-state index in [1.807, 2.05) is 25.1 Å². The van der Waals surface area contributed by atoms with Gasteiger partial charge in [-0.15, -0.1) is 0 Å². The highest BCUT2D eigenvalue weighted by atomic mass is 16.5. The van der Waals surface area contributed by atoms with Crippen LogP contribution in [0, 0.1) is 6.92 Å². The number of aryl methyl sites for hydroxylation is 1. The lowest BCUT2D eigenvalue weighted by molar-refractivity contribution is 0.102. The lowest BCUT2D eigenvalue weighted by Gasteiger charge is -2.08. The molecule has 92 valence electrons. The molecule has 0 saturated carbocycles. The third kappa shape index (κ3) is 2.66. The molecule has 18 heavy (non-hydrogen) atoms. The Balaban J connectivity index is 2.19. The smallest absolute Gasteiger partial charge is 0.259 e. The molecule has 1 aromatic carbocycles. The average Bonchev–Trinajstić information content (AvgIpc) is 2.41. The van der Waals surface area contributed by atoms with Crippen LogP contribution in [0.3, 0.4) is 0 Å². The molecule has 0 radical (unpaired) electrons. The van der Waals surface area contributed by atoms with Gasteiger partial charge in [0.2, 0.25) is 0 Å². The van der Waals surface area contributed by atoms with Crippen molar-refractivity contribution in [2.45, 2.75) is 6.92 Å². The van der Waals surface area contributed by atoms with Gasteiger partial charge in [-0.05, 0) is 31.2 Å². The number of amides is 1. The molecule has 4 heteroatoms. The largest absolute Gasteiger partial charge is 0.496 e. The number of anilines is 1. The van der Waals surface area contributed by atoms with Crippen LogP contribution in [0.15, 0.2) is 42.6 Å². The second-order valence-corrected chi connectivity index (χ2v) is 3.84. The van der Waals surface area contributed by atoms with Gasteiger partial charge in [-0.1, -0.05) is 12.1 Å². The topological polar surface area (TPSA) is 51.2 Å². The van der Waals surface area contributed by atoms with Crippen molar-refractivity contribution in [3.63, 3.8) is 0 Å². The minimum absolute atomic E-state index is 0.210. The number of rotatable bonds is 3. The average molecular weight is 242 g/mol. The van der Waals surface area contributed by atoms with Crippen molar-refractivity contribution in [3.8, 4) is 5.75 Å².